The Morgan fingerprint density at radius 2 is 1.66 bits per heavy atom. The van der Waals surface area contributed by atoms with Crippen LogP contribution in [0.5, 0.6) is 0 Å². The predicted molar refractivity (Wildman–Crippen MR) is 113 cm³/mol. The van der Waals surface area contributed by atoms with E-state index < -0.39 is 34.8 Å². The number of aromatic nitrogens is 1. The van der Waals surface area contributed by atoms with Crippen LogP contribution < -0.4 is 5.32 Å². The molecule has 0 saturated heterocycles. The van der Waals surface area contributed by atoms with Gasteiger partial charge in [-0.25, -0.2) is 4.39 Å². The van der Waals surface area contributed by atoms with E-state index in [1.807, 2.05) is 0 Å². The molecule has 1 heterocycles. The first-order valence-corrected chi connectivity index (χ1v) is 9.62. The number of amides is 1. The lowest BCUT2D eigenvalue weighted by atomic mass is 10.1. The summed E-state index contributed by atoms with van der Waals surface area (Å²) in [4.78, 5) is 28.7. The van der Waals surface area contributed by atoms with E-state index in [0.717, 1.165) is 6.07 Å². The smallest absolute Gasteiger partial charge is 0.350 e. The molecule has 9 heteroatoms. The molecule has 0 atom stereocenters. The first-order chi connectivity index (χ1) is 15.1. The van der Waals surface area contributed by atoms with E-state index in [0.29, 0.717) is 27.6 Å². The van der Waals surface area contributed by atoms with Crippen LogP contribution in [0, 0.1) is 5.82 Å². The Bertz CT molecular complexity index is 1350. The number of carbonyl (C=O) groups is 2. The molecule has 0 aliphatic heterocycles. The number of H-pyrrole nitrogens is 1. The van der Waals surface area contributed by atoms with Gasteiger partial charge in [0.15, 0.2) is 0 Å². The van der Waals surface area contributed by atoms with Crippen molar-refractivity contribution in [3.63, 3.8) is 0 Å². The highest BCUT2D eigenvalue weighted by Gasteiger charge is 2.32. The summed E-state index contributed by atoms with van der Waals surface area (Å²) in [5.74, 6) is -2.79. The Balaban J connectivity index is 1.77. The number of benzene rings is 3. The van der Waals surface area contributed by atoms with Crippen LogP contribution in [0.15, 0.2) is 66.7 Å². The Morgan fingerprint density at radius 3 is 2.31 bits per heavy atom. The molecule has 0 fully saturated rings. The van der Waals surface area contributed by atoms with E-state index in [4.69, 9.17) is 11.6 Å². The Morgan fingerprint density at radius 1 is 0.938 bits per heavy atom. The summed E-state index contributed by atoms with van der Waals surface area (Å²) in [6, 6.07) is 14.5. The minimum Gasteiger partial charge on any atom is -0.350 e. The Kier molecular flexibility index (Phi) is 5.48. The number of carbonyl (C=O) groups excluding carboxylic acids is 2. The Labute approximate surface area is 183 Å². The molecule has 4 aromatic rings. The second-order valence-electron chi connectivity index (χ2n) is 6.91. The molecule has 0 spiro atoms. The van der Waals surface area contributed by atoms with Crippen molar-refractivity contribution in [2.24, 2.45) is 0 Å². The number of hydrogen-bond acceptors (Lipinski definition) is 2. The molecule has 162 valence electrons. The molecule has 0 saturated carbocycles. The van der Waals surface area contributed by atoms with Crippen LogP contribution in [0.25, 0.3) is 10.9 Å². The monoisotopic (exact) mass is 460 g/mol. The molecule has 0 aliphatic carbocycles. The van der Waals surface area contributed by atoms with Gasteiger partial charge in [0.1, 0.15) is 11.5 Å². The van der Waals surface area contributed by atoms with Crippen LogP contribution in [-0.2, 0) is 6.18 Å². The molecular formula is C23H13ClF4N2O2. The predicted octanol–water partition coefficient (Wildman–Crippen LogP) is 6.46. The summed E-state index contributed by atoms with van der Waals surface area (Å²) in [6.07, 6.45) is -4.75. The largest absolute Gasteiger partial charge is 0.416 e. The van der Waals surface area contributed by atoms with Crippen molar-refractivity contribution >= 4 is 39.9 Å². The number of alkyl halides is 3. The second-order valence-corrected chi connectivity index (χ2v) is 7.34. The van der Waals surface area contributed by atoms with Gasteiger partial charge in [-0.15, -0.1) is 0 Å². The number of aromatic amines is 1. The van der Waals surface area contributed by atoms with Crippen LogP contribution in [0.4, 0.5) is 23.2 Å². The third-order valence-electron chi connectivity index (χ3n) is 4.80. The SMILES string of the molecule is O=C(Nc1c(C(=O)c2ccccc2)[nH]c2cc(Cl)ccc12)c1ccc(C(F)(F)F)cc1F. The molecule has 32 heavy (non-hydrogen) atoms. The molecule has 1 amide bonds. The molecule has 4 nitrogen and oxygen atoms in total. The molecule has 0 aliphatic rings. The third kappa shape index (κ3) is 4.09. The summed E-state index contributed by atoms with van der Waals surface area (Å²) in [5.41, 5.74) is -0.946. The fourth-order valence-corrected chi connectivity index (χ4v) is 3.43. The van der Waals surface area contributed by atoms with Gasteiger partial charge in [0.2, 0.25) is 5.78 Å². The maximum Gasteiger partial charge on any atom is 0.416 e. The van der Waals surface area contributed by atoms with Gasteiger partial charge >= 0.3 is 6.18 Å². The number of hydrogen-bond donors (Lipinski definition) is 2. The van der Waals surface area contributed by atoms with Crippen LogP contribution in [0.2, 0.25) is 5.02 Å². The second kappa shape index (κ2) is 8.12. The van der Waals surface area contributed by atoms with Crippen molar-refractivity contribution in [2.75, 3.05) is 5.32 Å². The summed E-state index contributed by atoms with van der Waals surface area (Å²) in [6.45, 7) is 0. The maximum absolute atomic E-state index is 14.3. The van der Waals surface area contributed by atoms with Gasteiger partial charge in [-0.05, 0) is 36.4 Å². The third-order valence-corrected chi connectivity index (χ3v) is 5.04. The van der Waals surface area contributed by atoms with Crippen molar-refractivity contribution < 1.29 is 27.2 Å². The van der Waals surface area contributed by atoms with Crippen molar-refractivity contribution in [2.45, 2.75) is 6.18 Å². The molecule has 0 bridgehead atoms. The first kappa shape index (κ1) is 21.6. The quantitative estimate of drug-likeness (QED) is 0.271. The highest BCUT2D eigenvalue weighted by molar-refractivity contribution is 6.31. The lowest BCUT2D eigenvalue weighted by Crippen LogP contribution is -2.17. The minimum absolute atomic E-state index is 0.0223. The van der Waals surface area contributed by atoms with Crippen LogP contribution in [-0.4, -0.2) is 16.7 Å². The zero-order valence-corrected chi connectivity index (χ0v) is 16.8. The maximum atomic E-state index is 14.3. The number of fused-ring (bicyclic) bond motifs is 1. The van der Waals surface area contributed by atoms with E-state index in [9.17, 15) is 27.2 Å². The van der Waals surface area contributed by atoms with Gasteiger partial charge in [0.05, 0.1) is 16.8 Å². The number of halogens is 5. The summed E-state index contributed by atoms with van der Waals surface area (Å²) < 4.78 is 52.7. The minimum atomic E-state index is -4.75. The van der Waals surface area contributed by atoms with E-state index >= 15 is 0 Å². The lowest BCUT2D eigenvalue weighted by molar-refractivity contribution is -0.137. The van der Waals surface area contributed by atoms with Crippen LogP contribution >= 0.6 is 11.6 Å². The molecular weight excluding hydrogens is 448 g/mol. The Hall–Kier alpha value is -3.65. The number of nitrogens with one attached hydrogen (secondary N) is 2. The first-order valence-electron chi connectivity index (χ1n) is 9.24. The summed E-state index contributed by atoms with van der Waals surface area (Å²) >= 11 is 6.02. The average molecular weight is 461 g/mol. The normalized spacial score (nSPS) is 11.5. The van der Waals surface area contributed by atoms with Gasteiger partial charge < -0.3 is 10.3 Å². The van der Waals surface area contributed by atoms with Gasteiger partial charge in [0, 0.05) is 21.5 Å². The molecule has 0 unspecified atom stereocenters. The topological polar surface area (TPSA) is 62.0 Å². The van der Waals surface area contributed by atoms with E-state index in [1.165, 1.54) is 0 Å². The zero-order chi connectivity index (χ0) is 23.0. The molecule has 1 aromatic heterocycles. The van der Waals surface area contributed by atoms with E-state index in [-0.39, 0.29) is 17.4 Å². The fourth-order valence-electron chi connectivity index (χ4n) is 3.26. The summed E-state index contributed by atoms with van der Waals surface area (Å²) in [7, 11) is 0. The highest BCUT2D eigenvalue weighted by Crippen LogP contribution is 2.33. The van der Waals surface area contributed by atoms with E-state index in [2.05, 4.69) is 10.3 Å². The molecule has 2 N–H and O–H groups in total. The average Bonchev–Trinajstić information content (AvgIpc) is 3.10. The fraction of sp³-hybridized carbons (Fsp3) is 0.0435. The number of ketones is 1. The van der Waals surface area contributed by atoms with Gasteiger partial charge in [-0.1, -0.05) is 41.9 Å². The van der Waals surface area contributed by atoms with Crippen molar-refractivity contribution in [3.8, 4) is 0 Å². The van der Waals surface area contributed by atoms with Gasteiger partial charge in [-0.3, -0.25) is 9.59 Å². The van der Waals surface area contributed by atoms with Crippen molar-refractivity contribution in [1.29, 1.82) is 0 Å². The highest BCUT2D eigenvalue weighted by atomic mass is 35.5. The molecule has 3 aromatic carbocycles. The lowest BCUT2D eigenvalue weighted by Gasteiger charge is -2.10. The molecule has 4 rings (SSSR count). The van der Waals surface area contributed by atoms with Crippen molar-refractivity contribution in [3.05, 3.63) is 100.0 Å². The van der Waals surface area contributed by atoms with Gasteiger partial charge in [-0.2, -0.15) is 13.2 Å². The molecule has 0 radical (unpaired) electrons. The standard InChI is InChI=1S/C23H13ClF4N2O2/c24-14-7-9-16-18(11-14)29-20(21(31)12-4-2-1-3-5-12)19(16)30-22(32)15-8-6-13(10-17(15)25)23(26,27)28/h1-11,29H,(H,30,32). The van der Waals surface area contributed by atoms with Crippen LogP contribution in [0.3, 0.4) is 0 Å². The summed E-state index contributed by atoms with van der Waals surface area (Å²) in [5, 5.41) is 3.27. The van der Waals surface area contributed by atoms with E-state index in [1.54, 1.807) is 48.5 Å². The van der Waals surface area contributed by atoms with Crippen LogP contribution in [0.1, 0.15) is 32.0 Å². The number of rotatable bonds is 4. The zero-order valence-electron chi connectivity index (χ0n) is 16.1. The number of anilines is 1. The van der Waals surface area contributed by atoms with Gasteiger partial charge in [0.25, 0.3) is 5.91 Å². The van der Waals surface area contributed by atoms with Crippen molar-refractivity contribution in [1.82, 2.24) is 4.98 Å².